The van der Waals surface area contributed by atoms with Gasteiger partial charge < -0.3 is 9.88 Å². The normalized spacial score (nSPS) is 31.9. The molecule has 4 rings (SSSR count). The van der Waals surface area contributed by atoms with Crippen LogP contribution < -0.4 is 5.56 Å². The van der Waals surface area contributed by atoms with E-state index in [0.717, 1.165) is 43.5 Å². The Morgan fingerprint density at radius 2 is 2.30 bits per heavy atom. The Hall–Kier alpha value is -1.55. The molecule has 0 saturated carbocycles. The SMILES string of the molecule is CC1=C[C@H]2Cc3[nH]c(=O)ccc3[C@@]3(C1)[C@@H]2CCCN3C(=O)CCl. The summed E-state index contributed by atoms with van der Waals surface area (Å²) in [7, 11) is 0. The first-order valence-corrected chi connectivity index (χ1v) is 8.86. The largest absolute Gasteiger partial charge is 0.331 e. The molecule has 4 nitrogen and oxygen atoms in total. The summed E-state index contributed by atoms with van der Waals surface area (Å²) < 4.78 is 0. The van der Waals surface area contributed by atoms with Gasteiger partial charge in [-0.05, 0) is 56.1 Å². The summed E-state index contributed by atoms with van der Waals surface area (Å²) in [5.74, 6) is 0.829. The number of piperidine rings is 1. The maximum Gasteiger partial charge on any atom is 0.248 e. The molecular formula is C18H21ClN2O2. The standard InChI is InChI=1S/C18H21ClN2O2/c1-11-7-12-8-15-14(4-5-16(22)20-15)18(9-11)13(12)3-2-6-21(18)17(23)10-19/h4-5,7,12-13H,2-3,6,8-10H2,1H3,(H,20,22)/t12-,13+,18+/m0/s1. The molecule has 2 aliphatic carbocycles. The molecule has 2 bridgehead atoms. The molecule has 0 radical (unpaired) electrons. The summed E-state index contributed by atoms with van der Waals surface area (Å²) >= 11 is 5.91. The second-order valence-electron chi connectivity index (χ2n) is 7.12. The third kappa shape index (κ3) is 2.04. The second-order valence-corrected chi connectivity index (χ2v) is 7.39. The summed E-state index contributed by atoms with van der Waals surface area (Å²) in [6.07, 6.45) is 6.20. The van der Waals surface area contributed by atoms with E-state index in [-0.39, 0.29) is 22.9 Å². The van der Waals surface area contributed by atoms with Gasteiger partial charge >= 0.3 is 0 Å². The van der Waals surface area contributed by atoms with E-state index in [1.54, 1.807) is 6.07 Å². The summed E-state index contributed by atoms with van der Waals surface area (Å²) in [4.78, 5) is 29.4. The first-order chi connectivity index (χ1) is 11.1. The number of hydrogen-bond donors (Lipinski definition) is 1. The number of alkyl halides is 1. The number of nitrogens with zero attached hydrogens (tertiary/aromatic N) is 1. The highest BCUT2D eigenvalue weighted by Gasteiger charge is 2.56. The number of pyridine rings is 1. The van der Waals surface area contributed by atoms with E-state index in [9.17, 15) is 9.59 Å². The number of nitrogens with one attached hydrogen (secondary N) is 1. The minimum absolute atomic E-state index is 0.00358. The Bertz CT molecular complexity index is 754. The van der Waals surface area contributed by atoms with Gasteiger partial charge in [-0.25, -0.2) is 0 Å². The molecule has 23 heavy (non-hydrogen) atoms. The fraction of sp³-hybridized carbons (Fsp3) is 0.556. The van der Waals surface area contributed by atoms with E-state index >= 15 is 0 Å². The van der Waals surface area contributed by atoms with Crippen LogP contribution in [0.5, 0.6) is 0 Å². The number of halogens is 1. The van der Waals surface area contributed by atoms with Gasteiger partial charge in [0.15, 0.2) is 0 Å². The van der Waals surface area contributed by atoms with Crippen LogP contribution >= 0.6 is 11.6 Å². The van der Waals surface area contributed by atoms with Crippen LogP contribution in [0.2, 0.25) is 0 Å². The monoisotopic (exact) mass is 332 g/mol. The predicted octanol–water partition coefficient (Wildman–Crippen LogP) is 2.57. The van der Waals surface area contributed by atoms with Gasteiger partial charge in [0.05, 0.1) is 5.54 Å². The average molecular weight is 333 g/mol. The zero-order chi connectivity index (χ0) is 16.2. The molecule has 0 aromatic carbocycles. The zero-order valence-electron chi connectivity index (χ0n) is 13.3. The van der Waals surface area contributed by atoms with Gasteiger partial charge in [-0.1, -0.05) is 11.6 Å². The van der Waals surface area contributed by atoms with Crippen LogP contribution in [0.15, 0.2) is 28.6 Å². The maximum atomic E-state index is 12.6. The van der Waals surface area contributed by atoms with Crippen LogP contribution in [0.4, 0.5) is 0 Å². The second kappa shape index (κ2) is 5.23. The minimum atomic E-state index is -0.328. The molecule has 1 aromatic heterocycles. The number of aromatic amines is 1. The minimum Gasteiger partial charge on any atom is -0.331 e. The van der Waals surface area contributed by atoms with Gasteiger partial charge in [0, 0.05) is 18.3 Å². The Kier molecular flexibility index (Phi) is 3.41. The Morgan fingerprint density at radius 3 is 3.09 bits per heavy atom. The van der Waals surface area contributed by atoms with Gasteiger partial charge in [0.25, 0.3) is 0 Å². The van der Waals surface area contributed by atoms with Crippen molar-refractivity contribution in [3.8, 4) is 0 Å². The van der Waals surface area contributed by atoms with Crippen molar-refractivity contribution in [3.05, 3.63) is 45.4 Å². The van der Waals surface area contributed by atoms with Gasteiger partial charge in [-0.2, -0.15) is 0 Å². The van der Waals surface area contributed by atoms with Crippen LogP contribution in [-0.4, -0.2) is 28.2 Å². The lowest BCUT2D eigenvalue weighted by atomic mass is 9.56. The van der Waals surface area contributed by atoms with Crippen LogP contribution in [-0.2, 0) is 16.8 Å². The lowest BCUT2D eigenvalue weighted by molar-refractivity contribution is -0.145. The molecule has 122 valence electrons. The van der Waals surface area contributed by atoms with Crippen LogP contribution in [0.25, 0.3) is 0 Å². The van der Waals surface area contributed by atoms with Crippen molar-refractivity contribution < 1.29 is 4.79 Å². The first kappa shape index (κ1) is 15.0. The van der Waals surface area contributed by atoms with E-state index in [1.807, 2.05) is 11.0 Å². The number of likely N-dealkylation sites (tertiary alicyclic amines) is 1. The fourth-order valence-electron chi connectivity index (χ4n) is 5.25. The molecular weight excluding hydrogens is 312 g/mol. The Labute approximate surface area is 140 Å². The zero-order valence-corrected chi connectivity index (χ0v) is 14.0. The Morgan fingerprint density at radius 1 is 1.48 bits per heavy atom. The van der Waals surface area contributed by atoms with Crippen molar-refractivity contribution in [1.29, 1.82) is 0 Å². The number of H-pyrrole nitrogens is 1. The number of hydrogen-bond acceptors (Lipinski definition) is 2. The molecule has 0 spiro atoms. The van der Waals surface area contributed by atoms with E-state index < -0.39 is 0 Å². The maximum absolute atomic E-state index is 12.6. The van der Waals surface area contributed by atoms with Crippen LogP contribution in [0.1, 0.15) is 37.4 Å². The molecule has 3 aliphatic rings. The lowest BCUT2D eigenvalue weighted by Crippen LogP contribution is -2.62. The van der Waals surface area contributed by atoms with Gasteiger partial charge in [0.1, 0.15) is 5.88 Å². The highest BCUT2D eigenvalue weighted by atomic mass is 35.5. The van der Waals surface area contributed by atoms with Crippen molar-refractivity contribution >= 4 is 17.5 Å². The molecule has 1 aromatic rings. The third-order valence-corrected chi connectivity index (χ3v) is 6.11. The quantitative estimate of drug-likeness (QED) is 0.635. The summed E-state index contributed by atoms with van der Waals surface area (Å²) in [5.41, 5.74) is 3.06. The smallest absolute Gasteiger partial charge is 0.248 e. The van der Waals surface area contributed by atoms with Gasteiger partial charge in [-0.3, -0.25) is 9.59 Å². The molecule has 3 atom stereocenters. The number of carbonyl (C=O) groups is 1. The highest BCUT2D eigenvalue weighted by Crippen LogP contribution is 2.56. The number of aromatic nitrogens is 1. The summed E-state index contributed by atoms with van der Waals surface area (Å²) in [6.45, 7) is 2.90. The molecule has 5 heteroatoms. The predicted molar refractivity (Wildman–Crippen MR) is 89.5 cm³/mol. The number of allylic oxidation sites excluding steroid dienone is 1. The van der Waals surface area contributed by atoms with Crippen molar-refractivity contribution in [2.24, 2.45) is 11.8 Å². The van der Waals surface area contributed by atoms with Crippen molar-refractivity contribution in [1.82, 2.24) is 9.88 Å². The molecule has 1 saturated heterocycles. The fourth-order valence-corrected chi connectivity index (χ4v) is 5.39. The number of fused-ring (bicyclic) bond motifs is 1. The number of rotatable bonds is 1. The van der Waals surface area contributed by atoms with Crippen LogP contribution in [0.3, 0.4) is 0 Å². The molecule has 1 fully saturated rings. The van der Waals surface area contributed by atoms with Gasteiger partial charge in [-0.15, -0.1) is 11.6 Å². The van der Waals surface area contributed by atoms with Crippen molar-refractivity contribution in [2.75, 3.05) is 12.4 Å². The molecule has 1 N–H and O–H groups in total. The molecule has 0 unspecified atom stereocenters. The Balaban J connectivity index is 1.97. The lowest BCUT2D eigenvalue weighted by Gasteiger charge is -2.59. The third-order valence-electron chi connectivity index (χ3n) is 5.88. The van der Waals surface area contributed by atoms with Crippen molar-refractivity contribution in [2.45, 2.75) is 38.1 Å². The van der Waals surface area contributed by atoms with E-state index in [4.69, 9.17) is 11.6 Å². The average Bonchev–Trinajstić information content (AvgIpc) is 2.52. The highest BCUT2D eigenvalue weighted by molar-refractivity contribution is 6.27. The van der Waals surface area contributed by atoms with Gasteiger partial charge in [0.2, 0.25) is 11.5 Å². The summed E-state index contributed by atoms with van der Waals surface area (Å²) in [6, 6.07) is 3.53. The number of carbonyl (C=O) groups excluding carboxylic acids is 1. The van der Waals surface area contributed by atoms with Crippen LogP contribution in [0, 0.1) is 11.8 Å². The molecule has 1 amide bonds. The topological polar surface area (TPSA) is 53.2 Å². The van der Waals surface area contributed by atoms with E-state index in [1.165, 1.54) is 5.57 Å². The first-order valence-electron chi connectivity index (χ1n) is 8.32. The van der Waals surface area contributed by atoms with Crippen molar-refractivity contribution in [3.63, 3.8) is 0 Å². The summed E-state index contributed by atoms with van der Waals surface area (Å²) in [5, 5.41) is 0. The number of amides is 1. The molecule has 2 heterocycles. The van der Waals surface area contributed by atoms with E-state index in [2.05, 4.69) is 18.0 Å². The van der Waals surface area contributed by atoms with E-state index in [0.29, 0.717) is 11.8 Å². The molecule has 1 aliphatic heterocycles.